The molecule has 1 aromatic heterocycles. The lowest BCUT2D eigenvalue weighted by atomic mass is 9.76. The quantitative estimate of drug-likeness (QED) is 0.847. The van der Waals surface area contributed by atoms with Crippen LogP contribution in [-0.4, -0.2) is 22.1 Å². The normalized spacial score (nSPS) is 20.8. The molecule has 1 heterocycles. The van der Waals surface area contributed by atoms with Crippen molar-refractivity contribution in [3.63, 3.8) is 0 Å². The first kappa shape index (κ1) is 17.6. The fourth-order valence-electron chi connectivity index (χ4n) is 3.38. The van der Waals surface area contributed by atoms with Crippen molar-refractivity contribution in [2.45, 2.75) is 45.3 Å². The van der Waals surface area contributed by atoms with Crippen molar-refractivity contribution in [1.29, 1.82) is 0 Å². The van der Waals surface area contributed by atoms with E-state index in [1.54, 1.807) is 6.20 Å². The molecule has 4 heteroatoms. The number of nitrogens with one attached hydrogen (secondary N) is 1. The predicted octanol–water partition coefficient (Wildman–Crippen LogP) is 3.52. The second kappa shape index (κ2) is 7.79. The zero-order chi connectivity index (χ0) is 17.8. The summed E-state index contributed by atoms with van der Waals surface area (Å²) in [5.74, 6) is 0.737. The summed E-state index contributed by atoms with van der Waals surface area (Å²) >= 11 is 0. The smallest absolute Gasteiger partial charge is 0.251 e. The molecule has 1 unspecified atom stereocenters. The Morgan fingerprint density at radius 2 is 1.92 bits per heavy atom. The van der Waals surface area contributed by atoms with Crippen LogP contribution in [0.1, 0.15) is 54.3 Å². The molecule has 3 rings (SSSR count). The first-order valence-electron chi connectivity index (χ1n) is 9.01. The van der Waals surface area contributed by atoms with E-state index in [9.17, 15) is 9.90 Å². The monoisotopic (exact) mass is 338 g/mol. The van der Waals surface area contributed by atoms with Gasteiger partial charge in [-0.2, -0.15) is 0 Å². The van der Waals surface area contributed by atoms with Gasteiger partial charge in [0.05, 0.1) is 17.8 Å². The van der Waals surface area contributed by atoms with Crippen LogP contribution < -0.4 is 5.32 Å². The van der Waals surface area contributed by atoms with Gasteiger partial charge < -0.3 is 10.4 Å². The average molecular weight is 338 g/mol. The van der Waals surface area contributed by atoms with E-state index in [0.717, 1.165) is 12.1 Å². The Balaban J connectivity index is 1.72. The Hall–Kier alpha value is -2.20. The van der Waals surface area contributed by atoms with Gasteiger partial charge >= 0.3 is 0 Å². The van der Waals surface area contributed by atoms with Gasteiger partial charge in [-0.3, -0.25) is 9.78 Å². The minimum absolute atomic E-state index is 0.0897. The highest BCUT2D eigenvalue weighted by Gasteiger charge is 2.36. The standard InChI is InChI=1S/C21H26N2O2/c1-14(2)11-15-6-8-16(9-7-15)21(25)23-20(17-12-18(24)13-17)19-5-3-4-10-22-19/h3-10,14,17-18,20,24H,11-13H2,1-2H3,(H,23,25). The van der Waals surface area contributed by atoms with Crippen LogP contribution in [0.5, 0.6) is 0 Å². The van der Waals surface area contributed by atoms with E-state index in [0.29, 0.717) is 24.3 Å². The number of rotatable bonds is 6. The molecule has 1 aliphatic carbocycles. The number of carbonyl (C=O) groups is 1. The molecule has 1 amide bonds. The van der Waals surface area contributed by atoms with E-state index >= 15 is 0 Å². The highest BCUT2D eigenvalue weighted by molar-refractivity contribution is 5.94. The lowest BCUT2D eigenvalue weighted by Gasteiger charge is -2.37. The zero-order valence-corrected chi connectivity index (χ0v) is 14.9. The van der Waals surface area contributed by atoms with Crippen LogP contribution in [0.25, 0.3) is 0 Å². The van der Waals surface area contributed by atoms with Gasteiger partial charge in [0.2, 0.25) is 0 Å². The minimum atomic E-state index is -0.261. The maximum atomic E-state index is 12.7. The number of hydrogen-bond acceptors (Lipinski definition) is 3. The molecule has 25 heavy (non-hydrogen) atoms. The largest absolute Gasteiger partial charge is 0.393 e. The molecule has 132 valence electrons. The average Bonchev–Trinajstić information content (AvgIpc) is 2.58. The maximum Gasteiger partial charge on any atom is 0.251 e. The van der Waals surface area contributed by atoms with E-state index in [1.807, 2.05) is 42.5 Å². The molecule has 1 aliphatic rings. The summed E-state index contributed by atoms with van der Waals surface area (Å²) in [6, 6.07) is 13.4. The van der Waals surface area contributed by atoms with Crippen molar-refractivity contribution in [2.75, 3.05) is 0 Å². The summed E-state index contributed by atoms with van der Waals surface area (Å²) in [6.45, 7) is 4.37. The van der Waals surface area contributed by atoms with Crippen molar-refractivity contribution in [3.8, 4) is 0 Å². The minimum Gasteiger partial charge on any atom is -0.393 e. The highest BCUT2D eigenvalue weighted by atomic mass is 16.3. The van der Waals surface area contributed by atoms with Crippen molar-refractivity contribution >= 4 is 5.91 Å². The summed E-state index contributed by atoms with van der Waals surface area (Å²) in [6.07, 6.45) is 3.90. The third-order valence-electron chi connectivity index (χ3n) is 4.77. The fraction of sp³-hybridized carbons (Fsp3) is 0.429. The van der Waals surface area contributed by atoms with Crippen molar-refractivity contribution in [1.82, 2.24) is 10.3 Å². The molecule has 0 saturated heterocycles. The molecule has 1 saturated carbocycles. The number of aliphatic hydroxyl groups excluding tert-OH is 1. The van der Waals surface area contributed by atoms with Gasteiger partial charge in [0.25, 0.3) is 5.91 Å². The van der Waals surface area contributed by atoms with Gasteiger partial charge in [0, 0.05) is 11.8 Å². The molecule has 0 spiro atoms. The number of hydrogen-bond donors (Lipinski definition) is 2. The number of benzene rings is 1. The Labute approximate surface area is 149 Å². The summed E-state index contributed by atoms with van der Waals surface area (Å²) in [5, 5.41) is 12.8. The summed E-state index contributed by atoms with van der Waals surface area (Å²) < 4.78 is 0. The third-order valence-corrected chi connectivity index (χ3v) is 4.77. The molecule has 0 bridgehead atoms. The maximum absolute atomic E-state index is 12.7. The third kappa shape index (κ3) is 4.45. The number of pyridine rings is 1. The van der Waals surface area contributed by atoms with E-state index in [-0.39, 0.29) is 24.0 Å². The lowest BCUT2D eigenvalue weighted by molar-refractivity contribution is 0.0228. The SMILES string of the molecule is CC(C)Cc1ccc(C(=O)NC(c2ccccn2)C2CC(O)C2)cc1. The number of aliphatic hydroxyl groups is 1. The molecule has 4 nitrogen and oxygen atoms in total. The van der Waals surface area contributed by atoms with Crippen molar-refractivity contribution < 1.29 is 9.90 Å². The van der Waals surface area contributed by atoms with Crippen LogP contribution in [0, 0.1) is 11.8 Å². The second-order valence-electron chi connectivity index (χ2n) is 7.39. The second-order valence-corrected chi connectivity index (χ2v) is 7.39. The Kier molecular flexibility index (Phi) is 5.49. The van der Waals surface area contributed by atoms with Gasteiger partial charge in [-0.1, -0.05) is 32.0 Å². The summed E-state index contributed by atoms with van der Waals surface area (Å²) in [5.41, 5.74) is 2.76. The van der Waals surface area contributed by atoms with E-state index in [2.05, 4.69) is 24.1 Å². The first-order valence-corrected chi connectivity index (χ1v) is 9.01. The van der Waals surface area contributed by atoms with Crippen LogP contribution in [0.15, 0.2) is 48.7 Å². The van der Waals surface area contributed by atoms with Crippen LogP contribution in [0.2, 0.25) is 0 Å². The number of amides is 1. The Morgan fingerprint density at radius 1 is 1.20 bits per heavy atom. The number of carbonyl (C=O) groups excluding carboxylic acids is 1. The molecular weight excluding hydrogens is 312 g/mol. The molecule has 0 aliphatic heterocycles. The molecular formula is C21H26N2O2. The van der Waals surface area contributed by atoms with Gasteiger partial charge in [-0.05, 0) is 60.9 Å². The molecule has 2 aromatic rings. The van der Waals surface area contributed by atoms with E-state index in [1.165, 1.54) is 5.56 Å². The Bertz CT molecular complexity index is 692. The molecule has 2 N–H and O–H groups in total. The Morgan fingerprint density at radius 3 is 2.48 bits per heavy atom. The van der Waals surface area contributed by atoms with Gasteiger partial charge in [0.1, 0.15) is 0 Å². The van der Waals surface area contributed by atoms with Gasteiger partial charge in [0.15, 0.2) is 0 Å². The topological polar surface area (TPSA) is 62.2 Å². The lowest BCUT2D eigenvalue weighted by Crippen LogP contribution is -2.41. The number of aromatic nitrogens is 1. The molecule has 1 fully saturated rings. The zero-order valence-electron chi connectivity index (χ0n) is 14.9. The molecule has 0 radical (unpaired) electrons. The molecule has 1 aromatic carbocycles. The summed E-state index contributed by atoms with van der Waals surface area (Å²) in [7, 11) is 0. The predicted molar refractivity (Wildman–Crippen MR) is 98.2 cm³/mol. The van der Waals surface area contributed by atoms with Crippen LogP contribution in [-0.2, 0) is 6.42 Å². The highest BCUT2D eigenvalue weighted by Crippen LogP contribution is 2.37. The summed E-state index contributed by atoms with van der Waals surface area (Å²) in [4.78, 5) is 17.1. The van der Waals surface area contributed by atoms with E-state index in [4.69, 9.17) is 0 Å². The van der Waals surface area contributed by atoms with E-state index < -0.39 is 0 Å². The van der Waals surface area contributed by atoms with Gasteiger partial charge in [-0.25, -0.2) is 0 Å². The van der Waals surface area contributed by atoms with Crippen molar-refractivity contribution in [2.24, 2.45) is 11.8 Å². The fourth-order valence-corrected chi connectivity index (χ4v) is 3.38. The number of nitrogens with zero attached hydrogens (tertiary/aromatic N) is 1. The molecule has 1 atom stereocenters. The van der Waals surface area contributed by atoms with Crippen LogP contribution in [0.3, 0.4) is 0 Å². The van der Waals surface area contributed by atoms with Gasteiger partial charge in [-0.15, -0.1) is 0 Å². The van der Waals surface area contributed by atoms with Crippen LogP contribution in [0.4, 0.5) is 0 Å². The van der Waals surface area contributed by atoms with Crippen LogP contribution >= 0.6 is 0 Å². The van der Waals surface area contributed by atoms with Crippen molar-refractivity contribution in [3.05, 3.63) is 65.5 Å². The first-order chi connectivity index (χ1) is 12.0.